The summed E-state index contributed by atoms with van der Waals surface area (Å²) in [4.78, 5) is 16.7. The summed E-state index contributed by atoms with van der Waals surface area (Å²) in [5, 5.41) is 5.78. The number of hydrogen-bond acceptors (Lipinski definition) is 5. The molecule has 1 aromatic heterocycles. The topological polar surface area (TPSA) is 72.5 Å². The monoisotopic (exact) mass is 385 g/mol. The van der Waals surface area contributed by atoms with Gasteiger partial charge in [0.05, 0.1) is 5.02 Å². The molecule has 0 radical (unpaired) electrons. The fraction of sp³-hybridized carbons (Fsp3) is 0.0526. The van der Waals surface area contributed by atoms with E-state index in [2.05, 4.69) is 15.6 Å². The summed E-state index contributed by atoms with van der Waals surface area (Å²) >= 11 is 5.77. The molecule has 0 saturated heterocycles. The van der Waals surface area contributed by atoms with Crippen molar-refractivity contribution in [1.82, 2.24) is 4.98 Å². The van der Waals surface area contributed by atoms with E-state index in [1.165, 1.54) is 24.4 Å². The van der Waals surface area contributed by atoms with Crippen molar-refractivity contribution >= 4 is 34.7 Å². The largest absolute Gasteiger partial charge is 0.454 e. The molecule has 1 amide bonds. The molecule has 4 rings (SSSR count). The van der Waals surface area contributed by atoms with E-state index in [0.29, 0.717) is 34.3 Å². The molecule has 6 nitrogen and oxygen atoms in total. The summed E-state index contributed by atoms with van der Waals surface area (Å²) < 4.78 is 23.8. The Labute approximate surface area is 158 Å². The Balaban J connectivity index is 1.49. The van der Waals surface area contributed by atoms with Crippen molar-refractivity contribution in [3.63, 3.8) is 0 Å². The van der Waals surface area contributed by atoms with Crippen LogP contribution in [0.3, 0.4) is 0 Å². The average Bonchev–Trinajstić information content (AvgIpc) is 3.13. The quantitative estimate of drug-likeness (QED) is 0.686. The van der Waals surface area contributed by atoms with Crippen LogP contribution in [0.5, 0.6) is 11.5 Å². The number of carbonyl (C=O) groups is 1. The van der Waals surface area contributed by atoms with Crippen molar-refractivity contribution in [3.8, 4) is 11.5 Å². The van der Waals surface area contributed by atoms with Gasteiger partial charge in [-0.3, -0.25) is 4.79 Å². The van der Waals surface area contributed by atoms with Crippen LogP contribution in [-0.2, 0) is 0 Å². The number of carbonyl (C=O) groups excluding carboxylic acids is 1. The van der Waals surface area contributed by atoms with Gasteiger partial charge in [-0.1, -0.05) is 11.6 Å². The summed E-state index contributed by atoms with van der Waals surface area (Å²) in [7, 11) is 0. The lowest BCUT2D eigenvalue weighted by Crippen LogP contribution is -2.12. The van der Waals surface area contributed by atoms with Crippen molar-refractivity contribution in [2.24, 2.45) is 0 Å². The molecule has 0 spiro atoms. The third kappa shape index (κ3) is 3.78. The predicted molar refractivity (Wildman–Crippen MR) is 99.4 cm³/mol. The van der Waals surface area contributed by atoms with Gasteiger partial charge < -0.3 is 20.1 Å². The summed E-state index contributed by atoms with van der Waals surface area (Å²) in [6.07, 6.45) is 1.50. The molecular weight excluding hydrogens is 373 g/mol. The zero-order valence-electron chi connectivity index (χ0n) is 13.8. The van der Waals surface area contributed by atoms with Gasteiger partial charge in [0.15, 0.2) is 11.5 Å². The highest BCUT2D eigenvalue weighted by atomic mass is 35.5. The predicted octanol–water partition coefficient (Wildman–Crippen LogP) is 4.60. The maximum Gasteiger partial charge on any atom is 0.255 e. The van der Waals surface area contributed by atoms with Crippen LogP contribution in [-0.4, -0.2) is 17.7 Å². The minimum Gasteiger partial charge on any atom is -0.454 e. The number of hydrogen-bond donors (Lipinski definition) is 2. The van der Waals surface area contributed by atoms with Gasteiger partial charge in [-0.05, 0) is 42.5 Å². The molecule has 0 atom stereocenters. The minimum absolute atomic E-state index is 0.00305. The molecule has 2 heterocycles. The first-order chi connectivity index (χ1) is 13.1. The van der Waals surface area contributed by atoms with Crippen LogP contribution in [0.4, 0.5) is 21.6 Å². The van der Waals surface area contributed by atoms with Gasteiger partial charge in [0, 0.05) is 29.2 Å². The molecule has 0 bridgehead atoms. The zero-order chi connectivity index (χ0) is 18.8. The number of pyridine rings is 1. The number of amides is 1. The van der Waals surface area contributed by atoms with Crippen LogP contribution >= 0.6 is 11.6 Å². The van der Waals surface area contributed by atoms with E-state index < -0.39 is 5.82 Å². The van der Waals surface area contributed by atoms with E-state index in [1.54, 1.807) is 30.3 Å². The number of nitrogens with zero attached hydrogens (tertiary/aromatic N) is 1. The molecule has 2 aromatic carbocycles. The van der Waals surface area contributed by atoms with E-state index in [4.69, 9.17) is 21.1 Å². The highest BCUT2D eigenvalue weighted by Gasteiger charge is 2.15. The lowest BCUT2D eigenvalue weighted by Gasteiger charge is -2.09. The standard InChI is InChI=1S/C19H13ClFN3O3/c20-14-8-12(1-3-15(14)21)23-18-7-11(5-6-22-18)19(25)24-13-2-4-16-17(9-13)27-10-26-16/h1-9H,10H2,(H,22,23)(H,24,25). The summed E-state index contributed by atoms with van der Waals surface area (Å²) in [6, 6.07) is 12.6. The first kappa shape index (κ1) is 17.1. The Kier molecular flexibility index (Phi) is 4.52. The molecule has 0 saturated carbocycles. The molecule has 1 aliphatic heterocycles. The lowest BCUT2D eigenvalue weighted by molar-refractivity contribution is 0.102. The third-order valence-electron chi connectivity index (χ3n) is 3.84. The van der Waals surface area contributed by atoms with E-state index in [-0.39, 0.29) is 17.7 Å². The van der Waals surface area contributed by atoms with Crippen molar-refractivity contribution < 1.29 is 18.7 Å². The van der Waals surface area contributed by atoms with Crippen LogP contribution in [0, 0.1) is 5.82 Å². The molecule has 0 unspecified atom stereocenters. The van der Waals surface area contributed by atoms with Crippen molar-refractivity contribution in [3.05, 3.63) is 71.1 Å². The van der Waals surface area contributed by atoms with Gasteiger partial charge in [0.2, 0.25) is 6.79 Å². The lowest BCUT2D eigenvalue weighted by atomic mass is 10.2. The summed E-state index contributed by atoms with van der Waals surface area (Å²) in [6.45, 7) is 0.166. The fourth-order valence-electron chi connectivity index (χ4n) is 2.54. The highest BCUT2D eigenvalue weighted by Crippen LogP contribution is 2.34. The van der Waals surface area contributed by atoms with Crippen LogP contribution < -0.4 is 20.1 Å². The van der Waals surface area contributed by atoms with Gasteiger partial charge in [0.1, 0.15) is 11.6 Å². The van der Waals surface area contributed by atoms with Gasteiger partial charge in [-0.25, -0.2) is 9.37 Å². The Hall–Kier alpha value is -3.32. The molecule has 0 fully saturated rings. The molecular formula is C19H13ClFN3O3. The second-order valence-electron chi connectivity index (χ2n) is 5.71. The SMILES string of the molecule is O=C(Nc1ccc2c(c1)OCO2)c1ccnc(Nc2ccc(F)c(Cl)c2)c1. The number of rotatable bonds is 4. The molecule has 27 heavy (non-hydrogen) atoms. The van der Waals surface area contributed by atoms with Gasteiger partial charge in [0.25, 0.3) is 5.91 Å². The van der Waals surface area contributed by atoms with E-state index >= 15 is 0 Å². The number of aromatic nitrogens is 1. The van der Waals surface area contributed by atoms with Crippen LogP contribution in [0.2, 0.25) is 5.02 Å². The Bertz CT molecular complexity index is 1030. The van der Waals surface area contributed by atoms with Crippen LogP contribution in [0.25, 0.3) is 0 Å². The zero-order valence-corrected chi connectivity index (χ0v) is 14.6. The Morgan fingerprint density at radius 3 is 2.70 bits per heavy atom. The molecule has 3 aromatic rings. The summed E-state index contributed by atoms with van der Waals surface area (Å²) in [5.41, 5.74) is 1.54. The van der Waals surface area contributed by atoms with Crippen molar-refractivity contribution in [2.45, 2.75) is 0 Å². The van der Waals surface area contributed by atoms with Gasteiger partial charge in [-0.2, -0.15) is 0 Å². The number of benzene rings is 2. The molecule has 8 heteroatoms. The van der Waals surface area contributed by atoms with Gasteiger partial charge in [-0.15, -0.1) is 0 Å². The number of anilines is 3. The number of ether oxygens (including phenoxy) is 2. The maximum atomic E-state index is 13.3. The average molecular weight is 386 g/mol. The Morgan fingerprint density at radius 2 is 1.85 bits per heavy atom. The van der Waals surface area contributed by atoms with E-state index in [0.717, 1.165) is 0 Å². The number of fused-ring (bicyclic) bond motifs is 1. The minimum atomic E-state index is -0.507. The normalized spacial score (nSPS) is 11.9. The molecule has 1 aliphatic rings. The first-order valence-corrected chi connectivity index (χ1v) is 8.35. The van der Waals surface area contributed by atoms with E-state index in [1.807, 2.05) is 0 Å². The second kappa shape index (κ2) is 7.13. The van der Waals surface area contributed by atoms with Crippen LogP contribution in [0.15, 0.2) is 54.7 Å². The molecule has 0 aliphatic carbocycles. The third-order valence-corrected chi connectivity index (χ3v) is 4.13. The number of halogens is 2. The van der Waals surface area contributed by atoms with Crippen LogP contribution in [0.1, 0.15) is 10.4 Å². The van der Waals surface area contributed by atoms with E-state index in [9.17, 15) is 9.18 Å². The maximum absolute atomic E-state index is 13.3. The first-order valence-electron chi connectivity index (χ1n) is 7.97. The van der Waals surface area contributed by atoms with Crippen molar-refractivity contribution in [2.75, 3.05) is 17.4 Å². The summed E-state index contributed by atoms with van der Waals surface area (Å²) in [5.74, 6) is 0.832. The fourth-order valence-corrected chi connectivity index (χ4v) is 2.72. The van der Waals surface area contributed by atoms with Gasteiger partial charge >= 0.3 is 0 Å². The Morgan fingerprint density at radius 1 is 1.04 bits per heavy atom. The molecule has 2 N–H and O–H groups in total. The highest BCUT2D eigenvalue weighted by molar-refractivity contribution is 6.31. The number of nitrogens with one attached hydrogen (secondary N) is 2. The molecule has 136 valence electrons. The van der Waals surface area contributed by atoms with Crippen molar-refractivity contribution in [1.29, 1.82) is 0 Å². The second-order valence-corrected chi connectivity index (χ2v) is 6.11. The smallest absolute Gasteiger partial charge is 0.255 e.